The first kappa shape index (κ1) is 13.6. The van der Waals surface area contributed by atoms with Crippen LogP contribution in [0.2, 0.25) is 0 Å². The molecule has 0 saturated carbocycles. The first-order valence-corrected chi connectivity index (χ1v) is 5.59. The lowest BCUT2D eigenvalue weighted by molar-refractivity contribution is -0.141. The number of hydrogen-bond donors (Lipinski definition) is 2. The number of aliphatic hydroxyl groups excluding tert-OH is 1. The quantitative estimate of drug-likeness (QED) is 0.727. The van der Waals surface area contributed by atoms with Crippen molar-refractivity contribution in [2.75, 3.05) is 19.7 Å². The summed E-state index contributed by atoms with van der Waals surface area (Å²) in [6.45, 7) is 3.09. The molecule has 2 N–H and O–H groups in total. The highest BCUT2D eigenvalue weighted by Gasteiger charge is 2.16. The Labute approximate surface area is 101 Å². The third kappa shape index (κ3) is 4.93. The monoisotopic (exact) mass is 238 g/mol. The molecule has 0 bridgehead atoms. The third-order valence-corrected chi connectivity index (χ3v) is 2.48. The van der Waals surface area contributed by atoms with Crippen LogP contribution in [0.15, 0.2) is 24.4 Å². The summed E-state index contributed by atoms with van der Waals surface area (Å²) in [7, 11) is 0. The van der Waals surface area contributed by atoms with Gasteiger partial charge in [0.15, 0.2) is 0 Å². The Hall–Kier alpha value is -1.46. The van der Waals surface area contributed by atoms with Gasteiger partial charge in [0.1, 0.15) is 0 Å². The van der Waals surface area contributed by atoms with Gasteiger partial charge in [-0.3, -0.25) is 14.7 Å². The number of rotatable bonds is 7. The molecular weight excluding hydrogens is 220 g/mol. The highest BCUT2D eigenvalue weighted by Crippen LogP contribution is 2.05. The number of carboxylic acid groups (broad SMARTS) is 1. The van der Waals surface area contributed by atoms with Gasteiger partial charge in [-0.2, -0.15) is 0 Å². The molecule has 17 heavy (non-hydrogen) atoms. The standard InChI is InChI=1S/C12H18N2O3/c1-10(12(16)17)8-14(6-7-15)9-11-4-2-3-5-13-11/h2-5,10,15H,6-9H2,1H3,(H,16,17). The molecule has 1 aromatic rings. The molecule has 5 heteroatoms. The van der Waals surface area contributed by atoms with E-state index in [4.69, 9.17) is 10.2 Å². The first-order valence-electron chi connectivity index (χ1n) is 5.59. The lowest BCUT2D eigenvalue weighted by atomic mass is 10.1. The number of aliphatic carboxylic acids is 1. The topological polar surface area (TPSA) is 73.7 Å². The number of carbonyl (C=O) groups is 1. The van der Waals surface area contributed by atoms with Crippen molar-refractivity contribution in [1.82, 2.24) is 9.88 Å². The Morgan fingerprint density at radius 2 is 2.29 bits per heavy atom. The summed E-state index contributed by atoms with van der Waals surface area (Å²) < 4.78 is 0. The van der Waals surface area contributed by atoms with Crippen LogP contribution >= 0.6 is 0 Å². The average molecular weight is 238 g/mol. The van der Waals surface area contributed by atoms with Crippen molar-refractivity contribution >= 4 is 5.97 Å². The van der Waals surface area contributed by atoms with E-state index in [9.17, 15) is 4.79 Å². The predicted molar refractivity (Wildman–Crippen MR) is 63.4 cm³/mol. The van der Waals surface area contributed by atoms with Crippen LogP contribution in [0.5, 0.6) is 0 Å². The molecule has 0 radical (unpaired) electrons. The molecule has 0 saturated heterocycles. The second-order valence-corrected chi connectivity index (χ2v) is 4.02. The molecule has 1 rings (SSSR count). The number of aliphatic hydroxyl groups is 1. The van der Waals surface area contributed by atoms with Crippen LogP contribution in [-0.2, 0) is 11.3 Å². The summed E-state index contributed by atoms with van der Waals surface area (Å²) in [5, 5.41) is 17.8. The van der Waals surface area contributed by atoms with Gasteiger partial charge >= 0.3 is 5.97 Å². The molecule has 94 valence electrons. The molecule has 0 aliphatic heterocycles. The molecule has 1 unspecified atom stereocenters. The molecule has 0 fully saturated rings. The van der Waals surface area contributed by atoms with E-state index in [0.29, 0.717) is 19.6 Å². The van der Waals surface area contributed by atoms with Crippen molar-refractivity contribution in [3.63, 3.8) is 0 Å². The molecular formula is C12H18N2O3. The molecule has 1 atom stereocenters. The van der Waals surface area contributed by atoms with Crippen LogP contribution in [0.3, 0.4) is 0 Å². The summed E-state index contributed by atoms with van der Waals surface area (Å²) in [5.74, 6) is -1.28. The van der Waals surface area contributed by atoms with E-state index < -0.39 is 11.9 Å². The SMILES string of the molecule is CC(CN(CCO)Cc1ccccn1)C(=O)O. The zero-order valence-electron chi connectivity index (χ0n) is 9.91. The minimum atomic E-state index is -0.825. The zero-order valence-corrected chi connectivity index (χ0v) is 9.91. The summed E-state index contributed by atoms with van der Waals surface area (Å²) in [4.78, 5) is 16.9. The first-order chi connectivity index (χ1) is 8.13. The number of carboxylic acids is 1. The van der Waals surface area contributed by atoms with Crippen LogP contribution in [0.4, 0.5) is 0 Å². The van der Waals surface area contributed by atoms with E-state index in [-0.39, 0.29) is 6.61 Å². The Bertz CT molecular complexity index is 343. The highest BCUT2D eigenvalue weighted by atomic mass is 16.4. The summed E-state index contributed by atoms with van der Waals surface area (Å²) in [6, 6.07) is 5.61. The fourth-order valence-corrected chi connectivity index (χ4v) is 1.56. The minimum absolute atomic E-state index is 0.0131. The maximum absolute atomic E-state index is 10.8. The maximum atomic E-state index is 10.8. The number of pyridine rings is 1. The van der Waals surface area contributed by atoms with Crippen LogP contribution in [-0.4, -0.2) is 45.8 Å². The second kappa shape index (κ2) is 6.98. The van der Waals surface area contributed by atoms with Gasteiger partial charge in [-0.05, 0) is 12.1 Å². The highest BCUT2D eigenvalue weighted by molar-refractivity contribution is 5.69. The second-order valence-electron chi connectivity index (χ2n) is 4.02. The Morgan fingerprint density at radius 1 is 1.53 bits per heavy atom. The minimum Gasteiger partial charge on any atom is -0.481 e. The van der Waals surface area contributed by atoms with E-state index in [1.54, 1.807) is 13.1 Å². The van der Waals surface area contributed by atoms with E-state index in [0.717, 1.165) is 5.69 Å². The van der Waals surface area contributed by atoms with Crippen LogP contribution < -0.4 is 0 Å². The van der Waals surface area contributed by atoms with Gasteiger partial charge in [0.05, 0.1) is 18.2 Å². The molecule has 0 aliphatic carbocycles. The zero-order chi connectivity index (χ0) is 12.7. The predicted octanol–water partition coefficient (Wildman–Crippen LogP) is 0.597. The van der Waals surface area contributed by atoms with E-state index in [1.165, 1.54) is 0 Å². The van der Waals surface area contributed by atoms with Crippen molar-refractivity contribution in [3.8, 4) is 0 Å². The lowest BCUT2D eigenvalue weighted by Crippen LogP contribution is -2.33. The molecule has 0 aliphatic rings. The smallest absolute Gasteiger partial charge is 0.307 e. The summed E-state index contributed by atoms with van der Waals surface area (Å²) >= 11 is 0. The summed E-state index contributed by atoms with van der Waals surface area (Å²) in [6.07, 6.45) is 1.70. The van der Waals surface area contributed by atoms with Crippen molar-refractivity contribution in [3.05, 3.63) is 30.1 Å². The van der Waals surface area contributed by atoms with Gasteiger partial charge in [0.25, 0.3) is 0 Å². The Kier molecular flexibility index (Phi) is 5.59. The van der Waals surface area contributed by atoms with Crippen LogP contribution in [0.1, 0.15) is 12.6 Å². The van der Waals surface area contributed by atoms with Crippen molar-refractivity contribution < 1.29 is 15.0 Å². The van der Waals surface area contributed by atoms with E-state index in [1.807, 2.05) is 23.1 Å². The van der Waals surface area contributed by atoms with Gasteiger partial charge < -0.3 is 10.2 Å². The molecule has 0 aromatic carbocycles. The summed E-state index contributed by atoms with van der Waals surface area (Å²) in [5.41, 5.74) is 0.874. The number of hydrogen-bond acceptors (Lipinski definition) is 4. The maximum Gasteiger partial charge on any atom is 0.307 e. The van der Waals surface area contributed by atoms with Gasteiger partial charge in [0.2, 0.25) is 0 Å². The fourth-order valence-electron chi connectivity index (χ4n) is 1.56. The van der Waals surface area contributed by atoms with Gasteiger partial charge in [-0.1, -0.05) is 13.0 Å². The van der Waals surface area contributed by atoms with Crippen molar-refractivity contribution in [1.29, 1.82) is 0 Å². The van der Waals surface area contributed by atoms with Crippen LogP contribution in [0, 0.1) is 5.92 Å². The lowest BCUT2D eigenvalue weighted by Gasteiger charge is -2.22. The normalized spacial score (nSPS) is 12.6. The third-order valence-electron chi connectivity index (χ3n) is 2.48. The Morgan fingerprint density at radius 3 is 2.82 bits per heavy atom. The van der Waals surface area contributed by atoms with Crippen LogP contribution in [0.25, 0.3) is 0 Å². The molecule has 1 aromatic heterocycles. The molecule has 0 amide bonds. The molecule has 1 heterocycles. The van der Waals surface area contributed by atoms with E-state index in [2.05, 4.69) is 4.98 Å². The largest absolute Gasteiger partial charge is 0.481 e. The molecule has 0 spiro atoms. The van der Waals surface area contributed by atoms with Gasteiger partial charge in [0, 0.05) is 25.8 Å². The van der Waals surface area contributed by atoms with Gasteiger partial charge in [-0.15, -0.1) is 0 Å². The van der Waals surface area contributed by atoms with Crippen molar-refractivity contribution in [2.45, 2.75) is 13.5 Å². The van der Waals surface area contributed by atoms with Crippen molar-refractivity contribution in [2.24, 2.45) is 5.92 Å². The number of nitrogens with zero attached hydrogens (tertiary/aromatic N) is 2. The number of aromatic nitrogens is 1. The fraction of sp³-hybridized carbons (Fsp3) is 0.500. The Balaban J connectivity index is 2.57. The molecule has 5 nitrogen and oxygen atoms in total. The average Bonchev–Trinajstić information content (AvgIpc) is 2.30. The van der Waals surface area contributed by atoms with E-state index >= 15 is 0 Å². The van der Waals surface area contributed by atoms with Gasteiger partial charge in [-0.25, -0.2) is 0 Å².